The van der Waals surface area contributed by atoms with Crippen molar-refractivity contribution < 1.29 is 28.6 Å². The lowest BCUT2D eigenvalue weighted by molar-refractivity contribution is -0.167. The lowest BCUT2D eigenvalue weighted by Crippen LogP contribution is -2.30. The molecule has 0 saturated carbocycles. The Bertz CT molecular complexity index is 1610. The molecule has 0 bridgehead atoms. The molecular weight excluding hydrogens is 889 g/mol. The first-order valence-corrected chi connectivity index (χ1v) is 28.8. The molecule has 0 N–H and O–H groups in total. The number of unbranched alkanes of at least 4 members (excludes halogenated alkanes) is 15. The number of allylic oxidation sites excluding steroid dienone is 24. The first kappa shape index (κ1) is 67.3. The predicted molar refractivity (Wildman–Crippen MR) is 311 cm³/mol. The van der Waals surface area contributed by atoms with Crippen molar-refractivity contribution in [2.75, 3.05) is 13.2 Å². The quantitative estimate of drug-likeness (QED) is 0.0261. The van der Waals surface area contributed by atoms with Gasteiger partial charge in [-0.3, -0.25) is 14.4 Å². The smallest absolute Gasteiger partial charge is 0.306 e. The molecule has 0 spiro atoms. The van der Waals surface area contributed by atoms with Crippen molar-refractivity contribution in [1.29, 1.82) is 0 Å². The van der Waals surface area contributed by atoms with Crippen molar-refractivity contribution in [1.82, 2.24) is 0 Å². The summed E-state index contributed by atoms with van der Waals surface area (Å²) in [6.07, 6.45) is 84.2. The van der Waals surface area contributed by atoms with E-state index in [4.69, 9.17) is 14.2 Å². The van der Waals surface area contributed by atoms with Gasteiger partial charge in [-0.05, 0) is 135 Å². The van der Waals surface area contributed by atoms with Crippen LogP contribution in [0.5, 0.6) is 0 Å². The predicted octanol–water partition coefficient (Wildman–Crippen LogP) is 19.6. The van der Waals surface area contributed by atoms with Crippen LogP contribution in [0, 0.1) is 0 Å². The summed E-state index contributed by atoms with van der Waals surface area (Å²) in [6.45, 7) is 6.28. The maximum absolute atomic E-state index is 12.8. The molecule has 72 heavy (non-hydrogen) atoms. The summed E-state index contributed by atoms with van der Waals surface area (Å²) in [5, 5.41) is 0. The zero-order valence-electron chi connectivity index (χ0n) is 46.1. The first-order chi connectivity index (χ1) is 35.5. The van der Waals surface area contributed by atoms with Crippen LogP contribution < -0.4 is 0 Å². The zero-order chi connectivity index (χ0) is 52.2. The molecule has 0 fully saturated rings. The second-order valence-electron chi connectivity index (χ2n) is 18.4. The second-order valence-corrected chi connectivity index (χ2v) is 18.4. The van der Waals surface area contributed by atoms with Gasteiger partial charge in [-0.1, -0.05) is 224 Å². The Morgan fingerprint density at radius 2 is 0.542 bits per heavy atom. The van der Waals surface area contributed by atoms with Gasteiger partial charge >= 0.3 is 17.9 Å². The third-order valence-corrected chi connectivity index (χ3v) is 11.5. The van der Waals surface area contributed by atoms with Gasteiger partial charge in [-0.25, -0.2) is 0 Å². The van der Waals surface area contributed by atoms with Crippen LogP contribution in [0.3, 0.4) is 0 Å². The molecule has 0 rings (SSSR count). The number of ether oxygens (including phenoxy) is 3. The van der Waals surface area contributed by atoms with Crippen LogP contribution in [0.15, 0.2) is 146 Å². The van der Waals surface area contributed by atoms with Crippen molar-refractivity contribution >= 4 is 17.9 Å². The Balaban J connectivity index is 4.42. The van der Waals surface area contributed by atoms with E-state index in [1.807, 2.05) is 0 Å². The normalized spacial score (nSPS) is 13.2. The Kier molecular flexibility index (Phi) is 55.0. The molecule has 0 aliphatic heterocycles. The maximum atomic E-state index is 12.8. The van der Waals surface area contributed by atoms with E-state index in [2.05, 4.69) is 167 Å². The van der Waals surface area contributed by atoms with Gasteiger partial charge in [0.2, 0.25) is 0 Å². The molecular formula is C66H104O6. The number of esters is 3. The Labute approximate surface area is 442 Å². The molecule has 1 atom stereocenters. The fraction of sp³-hybridized carbons (Fsp3) is 0.591. The van der Waals surface area contributed by atoms with Gasteiger partial charge in [-0.15, -0.1) is 0 Å². The molecule has 0 heterocycles. The van der Waals surface area contributed by atoms with Crippen molar-refractivity contribution in [3.63, 3.8) is 0 Å². The van der Waals surface area contributed by atoms with Gasteiger partial charge in [0.05, 0.1) is 0 Å². The van der Waals surface area contributed by atoms with Crippen LogP contribution in [0.2, 0.25) is 0 Å². The van der Waals surface area contributed by atoms with E-state index in [1.165, 1.54) is 32.1 Å². The molecule has 0 aliphatic carbocycles. The van der Waals surface area contributed by atoms with Crippen LogP contribution >= 0.6 is 0 Å². The van der Waals surface area contributed by atoms with Crippen molar-refractivity contribution in [2.24, 2.45) is 0 Å². The Morgan fingerprint density at radius 3 is 0.889 bits per heavy atom. The summed E-state index contributed by atoms with van der Waals surface area (Å²) in [7, 11) is 0. The lowest BCUT2D eigenvalue weighted by Gasteiger charge is -2.18. The molecule has 0 aromatic carbocycles. The highest BCUT2D eigenvalue weighted by atomic mass is 16.6. The van der Waals surface area contributed by atoms with Crippen LogP contribution in [0.4, 0.5) is 0 Å². The van der Waals surface area contributed by atoms with E-state index in [1.54, 1.807) is 0 Å². The minimum absolute atomic E-state index is 0.106. The first-order valence-electron chi connectivity index (χ1n) is 28.8. The molecule has 6 nitrogen and oxygen atoms in total. The highest BCUT2D eigenvalue weighted by molar-refractivity contribution is 5.71. The second kappa shape index (κ2) is 58.9. The third-order valence-electron chi connectivity index (χ3n) is 11.5. The summed E-state index contributed by atoms with van der Waals surface area (Å²) in [5.41, 5.74) is 0. The summed E-state index contributed by atoms with van der Waals surface area (Å²) >= 11 is 0. The van der Waals surface area contributed by atoms with E-state index in [0.717, 1.165) is 154 Å². The standard InChI is InChI=1S/C66H104O6/c1-4-7-10-13-16-19-22-24-26-28-29-30-31-32-33-34-35-36-37-39-40-42-44-47-50-53-56-59-65(68)71-62-63(61-70-64(67)58-55-52-49-46-21-18-15-12-9-6-3)72-66(69)60-57-54-51-48-45-43-41-38-27-25-23-20-17-14-11-8-5-2/h7-8,10-12,15-17,19-20,24-27,29-30,32-33,35-36,39-40,44,47,63H,4-6,9,13-14,18,21-23,28,31,34,37-38,41-43,45-46,48-62H2,1-3H3/b10-7-,11-8-,15-12-,19-16-,20-17-,26-24-,27-25-,30-29-,33-32-,36-35-,40-39-,47-44-. The molecule has 0 aliphatic rings. The number of hydrogen-bond donors (Lipinski definition) is 0. The van der Waals surface area contributed by atoms with Gasteiger partial charge in [-0.2, -0.15) is 0 Å². The molecule has 0 aromatic rings. The summed E-state index contributed by atoms with van der Waals surface area (Å²) in [6, 6.07) is 0. The van der Waals surface area contributed by atoms with Crippen LogP contribution in [0.25, 0.3) is 0 Å². The molecule has 0 aromatic heterocycles. The van der Waals surface area contributed by atoms with Gasteiger partial charge in [0.25, 0.3) is 0 Å². The van der Waals surface area contributed by atoms with E-state index >= 15 is 0 Å². The lowest BCUT2D eigenvalue weighted by atomic mass is 10.1. The van der Waals surface area contributed by atoms with Gasteiger partial charge < -0.3 is 14.2 Å². The number of hydrogen-bond acceptors (Lipinski definition) is 6. The van der Waals surface area contributed by atoms with Crippen LogP contribution in [0.1, 0.15) is 233 Å². The van der Waals surface area contributed by atoms with Crippen LogP contribution in [-0.4, -0.2) is 37.2 Å². The topological polar surface area (TPSA) is 78.9 Å². The van der Waals surface area contributed by atoms with Crippen molar-refractivity contribution in [3.8, 4) is 0 Å². The highest BCUT2D eigenvalue weighted by Crippen LogP contribution is 2.13. The number of rotatable bonds is 50. The van der Waals surface area contributed by atoms with E-state index < -0.39 is 6.10 Å². The summed E-state index contributed by atoms with van der Waals surface area (Å²) < 4.78 is 16.8. The van der Waals surface area contributed by atoms with E-state index in [-0.39, 0.29) is 31.1 Å². The monoisotopic (exact) mass is 993 g/mol. The number of carbonyl (C=O) groups is 3. The average molecular weight is 994 g/mol. The Hall–Kier alpha value is -4.71. The van der Waals surface area contributed by atoms with Gasteiger partial charge in [0.1, 0.15) is 13.2 Å². The minimum Gasteiger partial charge on any atom is -0.462 e. The fourth-order valence-electron chi connectivity index (χ4n) is 7.30. The van der Waals surface area contributed by atoms with Crippen molar-refractivity contribution in [2.45, 2.75) is 239 Å². The summed E-state index contributed by atoms with van der Waals surface area (Å²) in [5.74, 6) is -0.979. The largest absolute Gasteiger partial charge is 0.462 e. The highest BCUT2D eigenvalue weighted by Gasteiger charge is 2.19. The molecule has 0 radical (unpaired) electrons. The van der Waals surface area contributed by atoms with Crippen LogP contribution in [-0.2, 0) is 28.6 Å². The van der Waals surface area contributed by atoms with Gasteiger partial charge in [0.15, 0.2) is 6.10 Å². The SMILES string of the molecule is CC/C=C\C/C=C\C/C=C\C/C=C\C/C=C\C/C=C\C/C=C\C/C=C\CCCCC(=O)OCC(COC(=O)CCCCCCC/C=C\CCC)OC(=O)CCCCCCCCC/C=C\C/C=C\C/C=C\CC. The van der Waals surface area contributed by atoms with E-state index in [0.29, 0.717) is 25.7 Å². The van der Waals surface area contributed by atoms with E-state index in [9.17, 15) is 14.4 Å². The van der Waals surface area contributed by atoms with Crippen molar-refractivity contribution in [3.05, 3.63) is 146 Å². The van der Waals surface area contributed by atoms with Gasteiger partial charge in [0, 0.05) is 19.3 Å². The Morgan fingerprint density at radius 1 is 0.292 bits per heavy atom. The molecule has 0 saturated heterocycles. The maximum Gasteiger partial charge on any atom is 0.306 e. The average Bonchev–Trinajstić information content (AvgIpc) is 3.38. The molecule has 404 valence electrons. The minimum atomic E-state index is -0.811. The summed E-state index contributed by atoms with van der Waals surface area (Å²) in [4.78, 5) is 38.1. The fourth-order valence-corrected chi connectivity index (χ4v) is 7.30. The molecule has 0 amide bonds. The molecule has 6 heteroatoms. The number of carbonyl (C=O) groups excluding carboxylic acids is 3. The zero-order valence-corrected chi connectivity index (χ0v) is 46.1. The third kappa shape index (κ3) is 56.2. The molecule has 1 unspecified atom stereocenters.